The predicted molar refractivity (Wildman–Crippen MR) is 101 cm³/mol. The van der Waals surface area contributed by atoms with Crippen molar-refractivity contribution in [1.82, 2.24) is 10.6 Å². The number of nitrogens with one attached hydrogen (secondary N) is 2. The molecule has 1 fully saturated rings. The van der Waals surface area contributed by atoms with Crippen molar-refractivity contribution in [2.45, 2.75) is 32.1 Å². The topological polar surface area (TPSA) is 41.1 Å². The summed E-state index contributed by atoms with van der Waals surface area (Å²) in [5.74, 6) is 0.809. The fourth-order valence-corrected chi connectivity index (χ4v) is 4.11. The first-order valence-corrected chi connectivity index (χ1v) is 9.13. The van der Waals surface area contributed by atoms with Gasteiger partial charge in [0.1, 0.15) is 0 Å². The lowest BCUT2D eigenvalue weighted by Crippen LogP contribution is -2.38. The number of carbonyl (C=O) groups excluding carboxylic acids is 1. The number of aryl methyl sites for hydroxylation is 1. The van der Waals surface area contributed by atoms with Crippen LogP contribution in [0.25, 0.3) is 10.1 Å². The number of fused-ring (bicyclic) bond motifs is 1. The highest BCUT2D eigenvalue weighted by molar-refractivity contribution is 7.17. The van der Waals surface area contributed by atoms with E-state index < -0.39 is 0 Å². The molecule has 1 saturated heterocycles. The molecule has 0 spiro atoms. The second-order valence-electron chi connectivity index (χ2n) is 6.13. The van der Waals surface area contributed by atoms with Gasteiger partial charge >= 0.3 is 0 Å². The average Bonchev–Trinajstić information content (AvgIpc) is 2.97. The number of piperidine rings is 1. The number of halogens is 1. The first-order chi connectivity index (χ1) is 10.8. The molecule has 0 aliphatic carbocycles. The van der Waals surface area contributed by atoms with E-state index in [9.17, 15) is 4.79 Å². The Morgan fingerprint density at radius 1 is 1.35 bits per heavy atom. The van der Waals surface area contributed by atoms with Crippen LogP contribution >= 0.6 is 23.7 Å². The molecule has 0 saturated carbocycles. The van der Waals surface area contributed by atoms with Crippen molar-refractivity contribution >= 4 is 39.7 Å². The van der Waals surface area contributed by atoms with Crippen LogP contribution in [0.5, 0.6) is 0 Å². The number of amides is 1. The highest BCUT2D eigenvalue weighted by Gasteiger charge is 2.13. The van der Waals surface area contributed by atoms with Crippen molar-refractivity contribution in [2.75, 3.05) is 19.6 Å². The molecule has 1 unspecified atom stereocenters. The minimum Gasteiger partial charge on any atom is -0.356 e. The summed E-state index contributed by atoms with van der Waals surface area (Å²) in [4.78, 5) is 11.9. The van der Waals surface area contributed by atoms with Gasteiger partial charge in [0, 0.05) is 17.7 Å². The molecule has 2 heterocycles. The van der Waals surface area contributed by atoms with Crippen LogP contribution in [0.15, 0.2) is 29.6 Å². The summed E-state index contributed by atoms with van der Waals surface area (Å²) in [5, 5.41) is 10.1. The summed E-state index contributed by atoms with van der Waals surface area (Å²) in [6, 6.07) is 8.51. The lowest BCUT2D eigenvalue weighted by molar-refractivity contribution is -0.121. The summed E-state index contributed by atoms with van der Waals surface area (Å²) in [7, 11) is 0. The van der Waals surface area contributed by atoms with E-state index in [0.29, 0.717) is 12.3 Å². The van der Waals surface area contributed by atoms with Crippen LogP contribution in [0.4, 0.5) is 0 Å². The number of rotatable bonds is 6. The highest BCUT2D eigenvalue weighted by atomic mass is 35.5. The molecular formula is C18H25ClN2OS. The molecule has 1 aromatic heterocycles. The minimum atomic E-state index is 0. The van der Waals surface area contributed by atoms with Crippen molar-refractivity contribution in [3.8, 4) is 0 Å². The first kappa shape index (κ1) is 18.2. The monoisotopic (exact) mass is 352 g/mol. The van der Waals surface area contributed by atoms with Crippen LogP contribution in [0.3, 0.4) is 0 Å². The van der Waals surface area contributed by atoms with Crippen molar-refractivity contribution in [3.63, 3.8) is 0 Å². The van der Waals surface area contributed by atoms with Gasteiger partial charge in [-0.3, -0.25) is 4.79 Å². The highest BCUT2D eigenvalue weighted by Crippen LogP contribution is 2.26. The number of carbonyl (C=O) groups is 1. The largest absolute Gasteiger partial charge is 0.356 e. The first-order valence-electron chi connectivity index (χ1n) is 8.25. The smallest absolute Gasteiger partial charge is 0.220 e. The third kappa shape index (κ3) is 5.20. The van der Waals surface area contributed by atoms with E-state index in [1.807, 2.05) is 0 Å². The van der Waals surface area contributed by atoms with Crippen molar-refractivity contribution in [3.05, 3.63) is 35.2 Å². The summed E-state index contributed by atoms with van der Waals surface area (Å²) in [6.07, 6.45) is 5.00. The Balaban J connectivity index is 0.00000192. The summed E-state index contributed by atoms with van der Waals surface area (Å²) in [5.41, 5.74) is 1.38. The van der Waals surface area contributed by atoms with Crippen LogP contribution in [0, 0.1) is 5.92 Å². The Morgan fingerprint density at radius 3 is 3.04 bits per heavy atom. The average molecular weight is 353 g/mol. The standard InChI is InChI=1S/C18H24N2OS.ClH/c21-18(20-12-14-5-4-10-19-11-14)9-3-6-15-13-22-17-8-2-1-7-16(15)17;/h1-2,7-8,13-14,19H,3-6,9-12H2,(H,20,21);1H. The molecule has 2 aromatic rings. The Kier molecular flexibility index (Phi) is 7.34. The van der Waals surface area contributed by atoms with Crippen molar-refractivity contribution < 1.29 is 4.79 Å². The molecule has 1 aliphatic heterocycles. The van der Waals surface area contributed by atoms with E-state index in [2.05, 4.69) is 40.3 Å². The molecule has 126 valence electrons. The zero-order valence-corrected chi connectivity index (χ0v) is 15.0. The van der Waals surface area contributed by atoms with E-state index in [1.54, 1.807) is 11.3 Å². The normalized spacial score (nSPS) is 17.7. The van der Waals surface area contributed by atoms with E-state index in [4.69, 9.17) is 0 Å². The molecule has 1 atom stereocenters. The number of thiophene rings is 1. The van der Waals surface area contributed by atoms with Gasteiger partial charge in [-0.05, 0) is 67.1 Å². The summed E-state index contributed by atoms with van der Waals surface area (Å²) < 4.78 is 1.34. The van der Waals surface area contributed by atoms with Crippen LogP contribution in [0.2, 0.25) is 0 Å². The van der Waals surface area contributed by atoms with E-state index in [-0.39, 0.29) is 18.3 Å². The quantitative estimate of drug-likeness (QED) is 0.831. The summed E-state index contributed by atoms with van der Waals surface area (Å²) >= 11 is 1.79. The molecule has 1 aromatic carbocycles. The SMILES string of the molecule is Cl.O=C(CCCc1csc2ccccc12)NCC1CCCNC1. The van der Waals surface area contributed by atoms with E-state index in [1.165, 1.54) is 28.5 Å². The van der Waals surface area contributed by atoms with Gasteiger partial charge in [0.2, 0.25) is 5.91 Å². The van der Waals surface area contributed by atoms with Crippen LogP contribution in [-0.4, -0.2) is 25.5 Å². The second kappa shape index (κ2) is 9.26. The Labute approximate surface area is 148 Å². The molecule has 3 rings (SSSR count). The second-order valence-corrected chi connectivity index (χ2v) is 7.04. The fourth-order valence-electron chi connectivity index (χ4n) is 3.11. The lowest BCUT2D eigenvalue weighted by atomic mass is 9.99. The van der Waals surface area contributed by atoms with Gasteiger partial charge in [0.25, 0.3) is 0 Å². The lowest BCUT2D eigenvalue weighted by Gasteiger charge is -2.22. The van der Waals surface area contributed by atoms with Gasteiger partial charge in [-0.1, -0.05) is 18.2 Å². The van der Waals surface area contributed by atoms with Gasteiger partial charge in [-0.2, -0.15) is 0 Å². The summed E-state index contributed by atoms with van der Waals surface area (Å²) in [6.45, 7) is 2.99. The number of hydrogen-bond donors (Lipinski definition) is 2. The van der Waals surface area contributed by atoms with Crippen LogP contribution < -0.4 is 10.6 Å². The molecule has 5 heteroatoms. The van der Waals surface area contributed by atoms with E-state index in [0.717, 1.165) is 32.5 Å². The number of benzene rings is 1. The molecule has 2 N–H and O–H groups in total. The third-order valence-electron chi connectivity index (χ3n) is 4.40. The van der Waals surface area contributed by atoms with Crippen molar-refractivity contribution in [1.29, 1.82) is 0 Å². The molecule has 23 heavy (non-hydrogen) atoms. The molecular weight excluding hydrogens is 328 g/mol. The Bertz CT molecular complexity index is 622. The molecule has 0 radical (unpaired) electrons. The predicted octanol–water partition coefficient (Wildman–Crippen LogP) is 3.76. The Morgan fingerprint density at radius 2 is 2.22 bits per heavy atom. The molecule has 0 bridgehead atoms. The van der Waals surface area contributed by atoms with Gasteiger partial charge in [-0.15, -0.1) is 23.7 Å². The maximum atomic E-state index is 11.9. The van der Waals surface area contributed by atoms with Gasteiger partial charge in [0.05, 0.1) is 0 Å². The van der Waals surface area contributed by atoms with Crippen molar-refractivity contribution in [2.24, 2.45) is 5.92 Å². The van der Waals surface area contributed by atoms with Gasteiger partial charge in [-0.25, -0.2) is 0 Å². The molecule has 3 nitrogen and oxygen atoms in total. The van der Waals surface area contributed by atoms with Crippen LogP contribution in [0.1, 0.15) is 31.2 Å². The van der Waals surface area contributed by atoms with Gasteiger partial charge in [0.15, 0.2) is 0 Å². The number of hydrogen-bond acceptors (Lipinski definition) is 3. The third-order valence-corrected chi connectivity index (χ3v) is 5.41. The van der Waals surface area contributed by atoms with Crippen LogP contribution in [-0.2, 0) is 11.2 Å². The molecule has 1 aliphatic rings. The minimum absolute atomic E-state index is 0. The maximum Gasteiger partial charge on any atom is 0.220 e. The Hall–Kier alpha value is -1.10. The zero-order chi connectivity index (χ0) is 15.2. The maximum absolute atomic E-state index is 11.9. The zero-order valence-electron chi connectivity index (χ0n) is 13.3. The van der Waals surface area contributed by atoms with E-state index >= 15 is 0 Å². The molecule has 1 amide bonds. The van der Waals surface area contributed by atoms with Gasteiger partial charge < -0.3 is 10.6 Å². The fraction of sp³-hybridized carbons (Fsp3) is 0.500.